The van der Waals surface area contributed by atoms with Crippen molar-refractivity contribution in [3.05, 3.63) is 64.4 Å². The van der Waals surface area contributed by atoms with Gasteiger partial charge in [0.2, 0.25) is 0 Å². The first-order chi connectivity index (χ1) is 11.6. The third kappa shape index (κ3) is 3.05. The van der Waals surface area contributed by atoms with Gasteiger partial charge in [-0.3, -0.25) is 14.2 Å². The van der Waals surface area contributed by atoms with E-state index in [0.29, 0.717) is 27.4 Å². The molecule has 0 aliphatic carbocycles. The first-order valence-electron chi connectivity index (χ1n) is 7.35. The van der Waals surface area contributed by atoms with Gasteiger partial charge in [-0.05, 0) is 30.5 Å². The minimum absolute atomic E-state index is 0.0555. The minimum atomic E-state index is -0.207. The van der Waals surface area contributed by atoms with Crippen molar-refractivity contribution in [2.24, 2.45) is 0 Å². The van der Waals surface area contributed by atoms with E-state index in [1.54, 1.807) is 49.6 Å². The van der Waals surface area contributed by atoms with Gasteiger partial charge in [0.1, 0.15) is 5.75 Å². The van der Waals surface area contributed by atoms with Crippen LogP contribution in [0, 0.1) is 0 Å². The molecule has 0 unspecified atom stereocenters. The highest BCUT2D eigenvalue weighted by Gasteiger charge is 2.15. The Morgan fingerprint density at radius 1 is 1.21 bits per heavy atom. The van der Waals surface area contributed by atoms with E-state index in [-0.39, 0.29) is 17.9 Å². The lowest BCUT2D eigenvalue weighted by molar-refractivity contribution is 0.0967. The molecule has 0 spiro atoms. The summed E-state index contributed by atoms with van der Waals surface area (Å²) >= 11 is 1.34. The van der Waals surface area contributed by atoms with Crippen LogP contribution >= 0.6 is 11.8 Å². The predicted molar refractivity (Wildman–Crippen MR) is 95.1 cm³/mol. The molecule has 5 nitrogen and oxygen atoms in total. The molecular weight excluding hydrogens is 324 g/mol. The SMILES string of the molecule is COc1cccc(C(=O)Cn2c(SC)nc3ccccc3c2=O)c1. The molecule has 6 heteroatoms. The van der Waals surface area contributed by atoms with Crippen molar-refractivity contribution in [3.63, 3.8) is 0 Å². The number of ether oxygens (including phenoxy) is 1. The van der Waals surface area contributed by atoms with Gasteiger partial charge in [-0.1, -0.05) is 36.0 Å². The van der Waals surface area contributed by atoms with Gasteiger partial charge in [-0.2, -0.15) is 0 Å². The number of rotatable bonds is 5. The molecule has 0 atom stereocenters. The lowest BCUT2D eigenvalue weighted by Gasteiger charge is -2.11. The summed E-state index contributed by atoms with van der Waals surface area (Å²) in [6.45, 7) is -0.0555. The highest BCUT2D eigenvalue weighted by molar-refractivity contribution is 7.98. The Kier molecular flexibility index (Phi) is 4.66. The van der Waals surface area contributed by atoms with Crippen LogP contribution in [0.3, 0.4) is 0 Å². The predicted octanol–water partition coefficient (Wildman–Crippen LogP) is 3.01. The van der Waals surface area contributed by atoms with Gasteiger partial charge in [-0.15, -0.1) is 0 Å². The molecule has 0 saturated heterocycles. The summed E-state index contributed by atoms with van der Waals surface area (Å²) in [7, 11) is 1.55. The minimum Gasteiger partial charge on any atom is -0.497 e. The fraction of sp³-hybridized carbons (Fsp3) is 0.167. The lowest BCUT2D eigenvalue weighted by atomic mass is 10.1. The molecule has 0 N–H and O–H groups in total. The van der Waals surface area contributed by atoms with E-state index in [4.69, 9.17) is 4.74 Å². The third-order valence-electron chi connectivity index (χ3n) is 3.70. The Labute approximate surface area is 143 Å². The zero-order valence-corrected chi connectivity index (χ0v) is 14.2. The number of carbonyl (C=O) groups is 1. The van der Waals surface area contributed by atoms with E-state index in [1.807, 2.05) is 12.3 Å². The van der Waals surface area contributed by atoms with Crippen LogP contribution in [0.25, 0.3) is 10.9 Å². The Balaban J connectivity index is 2.04. The van der Waals surface area contributed by atoms with Gasteiger partial charge in [0.05, 0.1) is 24.6 Å². The number of hydrogen-bond donors (Lipinski definition) is 0. The van der Waals surface area contributed by atoms with E-state index in [9.17, 15) is 9.59 Å². The summed E-state index contributed by atoms with van der Waals surface area (Å²) in [5.41, 5.74) is 0.930. The molecule has 2 aromatic carbocycles. The zero-order chi connectivity index (χ0) is 17.1. The van der Waals surface area contributed by atoms with Crippen LogP contribution in [-0.2, 0) is 6.54 Å². The van der Waals surface area contributed by atoms with Gasteiger partial charge in [0, 0.05) is 5.56 Å². The van der Waals surface area contributed by atoms with Gasteiger partial charge in [-0.25, -0.2) is 4.98 Å². The van der Waals surface area contributed by atoms with Crippen LogP contribution in [0.5, 0.6) is 5.75 Å². The van der Waals surface area contributed by atoms with Crippen molar-refractivity contribution in [1.82, 2.24) is 9.55 Å². The van der Waals surface area contributed by atoms with Crippen molar-refractivity contribution in [3.8, 4) is 5.75 Å². The van der Waals surface area contributed by atoms with Gasteiger partial charge in [0.15, 0.2) is 10.9 Å². The molecule has 0 fully saturated rings. The second kappa shape index (κ2) is 6.88. The van der Waals surface area contributed by atoms with E-state index in [0.717, 1.165) is 0 Å². The third-order valence-corrected chi connectivity index (χ3v) is 4.38. The largest absolute Gasteiger partial charge is 0.497 e. The summed E-state index contributed by atoms with van der Waals surface area (Å²) in [5, 5.41) is 1.03. The number of ketones is 1. The maximum atomic E-state index is 12.7. The van der Waals surface area contributed by atoms with Crippen molar-refractivity contribution in [2.75, 3.05) is 13.4 Å². The molecule has 0 radical (unpaired) electrons. The maximum Gasteiger partial charge on any atom is 0.262 e. The molecule has 0 amide bonds. The van der Waals surface area contributed by atoms with E-state index < -0.39 is 0 Å². The average Bonchev–Trinajstić information content (AvgIpc) is 2.63. The number of aromatic nitrogens is 2. The second-order valence-corrected chi connectivity index (χ2v) is 5.94. The Morgan fingerprint density at radius 2 is 2.00 bits per heavy atom. The number of thioether (sulfide) groups is 1. The van der Waals surface area contributed by atoms with Crippen LogP contribution in [0.15, 0.2) is 58.5 Å². The number of benzene rings is 2. The van der Waals surface area contributed by atoms with Crippen LogP contribution in [0.2, 0.25) is 0 Å². The molecule has 24 heavy (non-hydrogen) atoms. The number of para-hydroxylation sites is 1. The summed E-state index contributed by atoms with van der Waals surface area (Å²) in [6, 6.07) is 14.1. The van der Waals surface area contributed by atoms with E-state index >= 15 is 0 Å². The molecule has 1 heterocycles. The number of Topliss-reactive ketones (excluding diaryl/α,β-unsaturated/α-hetero) is 1. The number of carbonyl (C=O) groups excluding carboxylic acids is 1. The number of fused-ring (bicyclic) bond motifs is 1. The molecule has 1 aromatic heterocycles. The molecule has 0 aliphatic heterocycles. The summed E-state index contributed by atoms with van der Waals surface area (Å²) in [5.74, 6) is 0.443. The fourth-order valence-corrected chi connectivity index (χ4v) is 3.03. The monoisotopic (exact) mass is 340 g/mol. The van der Waals surface area contributed by atoms with Crippen LogP contribution in [0.1, 0.15) is 10.4 Å². The molecular formula is C18H16N2O3S. The second-order valence-electron chi connectivity index (χ2n) is 5.16. The first-order valence-corrected chi connectivity index (χ1v) is 8.57. The molecule has 3 rings (SSSR count). The van der Waals surface area contributed by atoms with Crippen molar-refractivity contribution in [2.45, 2.75) is 11.7 Å². The van der Waals surface area contributed by atoms with Crippen LogP contribution in [-0.4, -0.2) is 28.7 Å². The number of nitrogens with zero attached hydrogens (tertiary/aromatic N) is 2. The van der Waals surface area contributed by atoms with E-state index in [1.165, 1.54) is 16.3 Å². The zero-order valence-electron chi connectivity index (χ0n) is 13.4. The summed E-state index contributed by atoms with van der Waals surface area (Å²) in [6.07, 6.45) is 1.84. The topological polar surface area (TPSA) is 61.2 Å². The standard InChI is InChI=1S/C18H16N2O3S/c1-23-13-7-5-6-12(10-13)16(21)11-20-17(22)14-8-3-4-9-15(14)19-18(20)24-2/h3-10H,11H2,1-2H3. The van der Waals surface area contributed by atoms with Crippen molar-refractivity contribution < 1.29 is 9.53 Å². The summed E-state index contributed by atoms with van der Waals surface area (Å²) in [4.78, 5) is 29.8. The maximum absolute atomic E-state index is 12.7. The van der Waals surface area contributed by atoms with Crippen molar-refractivity contribution >= 4 is 28.4 Å². The Hall–Kier alpha value is -2.60. The molecule has 0 bridgehead atoms. The molecule has 0 aliphatic rings. The summed E-state index contributed by atoms with van der Waals surface area (Å²) < 4.78 is 6.57. The lowest BCUT2D eigenvalue weighted by Crippen LogP contribution is -2.27. The molecule has 0 saturated carbocycles. The fourth-order valence-electron chi connectivity index (χ4n) is 2.47. The van der Waals surface area contributed by atoms with Crippen LogP contribution in [0.4, 0.5) is 0 Å². The van der Waals surface area contributed by atoms with Gasteiger partial charge < -0.3 is 4.74 Å². The first kappa shape index (κ1) is 16.3. The highest BCUT2D eigenvalue weighted by Crippen LogP contribution is 2.17. The Morgan fingerprint density at radius 3 is 2.75 bits per heavy atom. The normalized spacial score (nSPS) is 10.8. The molecule has 122 valence electrons. The molecule has 3 aromatic rings. The van der Waals surface area contributed by atoms with Crippen LogP contribution < -0.4 is 10.3 Å². The van der Waals surface area contributed by atoms with E-state index in [2.05, 4.69) is 4.98 Å². The quantitative estimate of drug-likeness (QED) is 0.406. The highest BCUT2D eigenvalue weighted by atomic mass is 32.2. The smallest absolute Gasteiger partial charge is 0.262 e. The van der Waals surface area contributed by atoms with Crippen molar-refractivity contribution in [1.29, 1.82) is 0 Å². The van der Waals surface area contributed by atoms with Gasteiger partial charge >= 0.3 is 0 Å². The number of hydrogen-bond acceptors (Lipinski definition) is 5. The number of methoxy groups -OCH3 is 1. The Bertz CT molecular complexity index is 966. The van der Waals surface area contributed by atoms with Gasteiger partial charge in [0.25, 0.3) is 5.56 Å². The average molecular weight is 340 g/mol.